The zero-order chi connectivity index (χ0) is 13.0. The number of ether oxygens (including phenoxy) is 1. The Kier molecular flexibility index (Phi) is 4.38. The monoisotopic (exact) mass is 286 g/mol. The van der Waals surface area contributed by atoms with Crippen molar-refractivity contribution in [3.63, 3.8) is 0 Å². The molecule has 2 rings (SSSR count). The highest BCUT2D eigenvalue weighted by Gasteiger charge is 2.12. The molecular formula is C11H12Cl2N4O. The second kappa shape index (κ2) is 6.02. The van der Waals surface area contributed by atoms with Gasteiger partial charge in [0.2, 0.25) is 0 Å². The molecule has 0 unspecified atom stereocenters. The summed E-state index contributed by atoms with van der Waals surface area (Å²) in [6.07, 6.45) is 5.69. The van der Waals surface area contributed by atoms with Crippen LogP contribution in [0, 0.1) is 0 Å². The molecule has 0 N–H and O–H groups in total. The Morgan fingerprint density at radius 3 is 2.94 bits per heavy atom. The van der Waals surface area contributed by atoms with Gasteiger partial charge in [0.1, 0.15) is 11.5 Å². The van der Waals surface area contributed by atoms with Crippen LogP contribution in [0.5, 0.6) is 5.75 Å². The smallest absolute Gasteiger partial charge is 0.162 e. The fraction of sp³-hybridized carbons (Fsp3) is 0.364. The summed E-state index contributed by atoms with van der Waals surface area (Å²) in [6.45, 7) is 2.69. The van der Waals surface area contributed by atoms with Crippen LogP contribution in [0.15, 0.2) is 18.7 Å². The summed E-state index contributed by atoms with van der Waals surface area (Å²) in [4.78, 5) is 8.03. The topological polar surface area (TPSA) is 52.8 Å². The zero-order valence-electron chi connectivity index (χ0n) is 9.81. The minimum atomic E-state index is 0.222. The Balaban J connectivity index is 2.31. The van der Waals surface area contributed by atoms with Gasteiger partial charge in [0.05, 0.1) is 24.9 Å². The van der Waals surface area contributed by atoms with E-state index in [1.165, 1.54) is 6.33 Å². The predicted molar refractivity (Wildman–Crippen MR) is 69.5 cm³/mol. The standard InChI is InChI=1S/C11H12Cl2N4O/c1-2-3-18-8-5-16-17(6-8)11-9(4-12)10(13)14-7-15-11/h5-7H,2-4H2,1H3. The quantitative estimate of drug-likeness (QED) is 0.626. The molecule has 0 saturated heterocycles. The maximum absolute atomic E-state index is 5.96. The lowest BCUT2D eigenvalue weighted by Crippen LogP contribution is -2.04. The van der Waals surface area contributed by atoms with Crippen molar-refractivity contribution in [2.45, 2.75) is 19.2 Å². The summed E-state index contributed by atoms with van der Waals surface area (Å²) in [5.41, 5.74) is 0.644. The van der Waals surface area contributed by atoms with Gasteiger partial charge in [0, 0.05) is 5.56 Å². The first-order valence-corrected chi connectivity index (χ1v) is 6.40. The molecule has 0 amide bonds. The highest BCUT2D eigenvalue weighted by atomic mass is 35.5. The maximum atomic E-state index is 5.96. The van der Waals surface area contributed by atoms with Crippen molar-refractivity contribution in [1.29, 1.82) is 0 Å². The van der Waals surface area contributed by atoms with Gasteiger partial charge in [-0.2, -0.15) is 5.10 Å². The highest BCUT2D eigenvalue weighted by molar-refractivity contribution is 6.31. The number of halogens is 2. The number of nitrogens with zero attached hydrogens (tertiary/aromatic N) is 4. The SMILES string of the molecule is CCCOc1cnn(-c2ncnc(Cl)c2CCl)c1. The Morgan fingerprint density at radius 2 is 2.22 bits per heavy atom. The summed E-state index contributed by atoms with van der Waals surface area (Å²) in [6, 6.07) is 0. The van der Waals surface area contributed by atoms with E-state index < -0.39 is 0 Å². The lowest BCUT2D eigenvalue weighted by molar-refractivity contribution is 0.317. The van der Waals surface area contributed by atoms with Crippen LogP contribution in [-0.4, -0.2) is 26.4 Å². The molecule has 0 aliphatic carbocycles. The molecule has 0 aromatic carbocycles. The molecule has 0 atom stereocenters. The molecule has 0 fully saturated rings. The Labute approximate surface area is 115 Å². The van der Waals surface area contributed by atoms with E-state index in [0.29, 0.717) is 28.9 Å². The first-order chi connectivity index (χ1) is 8.76. The third-order valence-corrected chi connectivity index (χ3v) is 2.85. The largest absolute Gasteiger partial charge is 0.490 e. The van der Waals surface area contributed by atoms with Crippen molar-refractivity contribution >= 4 is 23.2 Å². The second-order valence-electron chi connectivity index (χ2n) is 3.57. The van der Waals surface area contributed by atoms with E-state index in [4.69, 9.17) is 27.9 Å². The first kappa shape index (κ1) is 13.1. The van der Waals surface area contributed by atoms with Crippen LogP contribution < -0.4 is 4.74 Å². The van der Waals surface area contributed by atoms with Crippen LogP contribution in [0.3, 0.4) is 0 Å². The average Bonchev–Trinajstić information content (AvgIpc) is 2.84. The van der Waals surface area contributed by atoms with Gasteiger partial charge < -0.3 is 4.74 Å². The van der Waals surface area contributed by atoms with Crippen LogP contribution in [0.25, 0.3) is 5.82 Å². The molecule has 2 aromatic rings. The zero-order valence-corrected chi connectivity index (χ0v) is 11.3. The number of hydrogen-bond acceptors (Lipinski definition) is 4. The summed E-state index contributed by atoms with van der Waals surface area (Å²) < 4.78 is 7.05. The fourth-order valence-corrected chi connectivity index (χ4v) is 1.92. The molecule has 0 aliphatic rings. The van der Waals surface area contributed by atoms with Crippen LogP contribution >= 0.6 is 23.2 Å². The molecule has 18 heavy (non-hydrogen) atoms. The van der Waals surface area contributed by atoms with E-state index >= 15 is 0 Å². The molecular weight excluding hydrogens is 275 g/mol. The van der Waals surface area contributed by atoms with Crippen LogP contribution in [-0.2, 0) is 5.88 Å². The van der Waals surface area contributed by atoms with Gasteiger partial charge in [-0.05, 0) is 6.42 Å². The van der Waals surface area contributed by atoms with E-state index in [9.17, 15) is 0 Å². The summed E-state index contributed by atoms with van der Waals surface area (Å²) in [5, 5.41) is 4.51. The Bertz CT molecular complexity index is 530. The molecule has 0 bridgehead atoms. The molecule has 5 nitrogen and oxygen atoms in total. The van der Waals surface area contributed by atoms with Gasteiger partial charge in [-0.15, -0.1) is 11.6 Å². The fourth-order valence-electron chi connectivity index (χ4n) is 1.41. The van der Waals surface area contributed by atoms with E-state index in [-0.39, 0.29) is 5.88 Å². The van der Waals surface area contributed by atoms with Crippen LogP contribution in [0.1, 0.15) is 18.9 Å². The summed E-state index contributed by atoms with van der Waals surface area (Å²) in [5.74, 6) is 1.48. The molecule has 2 heterocycles. The van der Waals surface area contributed by atoms with Crippen molar-refractivity contribution in [2.24, 2.45) is 0 Å². The van der Waals surface area contributed by atoms with E-state index in [1.807, 2.05) is 6.92 Å². The third kappa shape index (κ3) is 2.73. The van der Waals surface area contributed by atoms with Crippen molar-refractivity contribution in [2.75, 3.05) is 6.61 Å². The lowest BCUT2D eigenvalue weighted by atomic mass is 10.3. The third-order valence-electron chi connectivity index (χ3n) is 2.25. The minimum Gasteiger partial charge on any atom is -0.490 e. The molecule has 0 spiro atoms. The Hall–Kier alpha value is -1.33. The van der Waals surface area contributed by atoms with Gasteiger partial charge in [-0.3, -0.25) is 0 Å². The second-order valence-corrected chi connectivity index (χ2v) is 4.19. The minimum absolute atomic E-state index is 0.222. The van der Waals surface area contributed by atoms with Crippen molar-refractivity contribution < 1.29 is 4.74 Å². The normalized spacial score (nSPS) is 10.6. The van der Waals surface area contributed by atoms with E-state index in [0.717, 1.165) is 6.42 Å². The van der Waals surface area contributed by atoms with E-state index in [2.05, 4.69) is 15.1 Å². The number of aromatic nitrogens is 4. The summed E-state index contributed by atoms with van der Waals surface area (Å²) in [7, 11) is 0. The summed E-state index contributed by atoms with van der Waals surface area (Å²) >= 11 is 11.8. The van der Waals surface area contributed by atoms with Crippen LogP contribution in [0.2, 0.25) is 5.15 Å². The average molecular weight is 287 g/mol. The van der Waals surface area contributed by atoms with Gasteiger partial charge in [-0.25, -0.2) is 14.6 Å². The number of rotatable bonds is 5. The predicted octanol–water partition coefficient (Wildman–Crippen LogP) is 2.84. The molecule has 7 heteroatoms. The first-order valence-electron chi connectivity index (χ1n) is 5.49. The van der Waals surface area contributed by atoms with Crippen molar-refractivity contribution in [3.05, 3.63) is 29.4 Å². The van der Waals surface area contributed by atoms with E-state index in [1.54, 1.807) is 17.1 Å². The molecule has 96 valence electrons. The van der Waals surface area contributed by atoms with Gasteiger partial charge in [0.15, 0.2) is 11.6 Å². The molecule has 0 saturated carbocycles. The molecule has 0 radical (unpaired) electrons. The molecule has 2 aromatic heterocycles. The number of hydrogen-bond donors (Lipinski definition) is 0. The van der Waals surface area contributed by atoms with Gasteiger partial charge in [-0.1, -0.05) is 18.5 Å². The maximum Gasteiger partial charge on any atom is 0.162 e. The Morgan fingerprint density at radius 1 is 1.39 bits per heavy atom. The van der Waals surface area contributed by atoms with Crippen molar-refractivity contribution in [3.8, 4) is 11.6 Å². The van der Waals surface area contributed by atoms with Gasteiger partial charge in [0.25, 0.3) is 0 Å². The lowest BCUT2D eigenvalue weighted by Gasteiger charge is -2.06. The van der Waals surface area contributed by atoms with Crippen LogP contribution in [0.4, 0.5) is 0 Å². The van der Waals surface area contributed by atoms with Gasteiger partial charge >= 0.3 is 0 Å². The number of alkyl halides is 1. The highest BCUT2D eigenvalue weighted by Crippen LogP contribution is 2.22. The molecule has 0 aliphatic heterocycles. The van der Waals surface area contributed by atoms with Crippen molar-refractivity contribution in [1.82, 2.24) is 19.7 Å².